The molecule has 69 valence electrons. The van der Waals surface area contributed by atoms with Gasteiger partial charge >= 0.3 is 0 Å². The molecule has 0 bridgehead atoms. The number of hydrogen-bond acceptors (Lipinski definition) is 3. The van der Waals surface area contributed by atoms with Crippen LogP contribution in [0.2, 0.25) is 0 Å². The van der Waals surface area contributed by atoms with Crippen LogP contribution < -0.4 is 4.74 Å². The second kappa shape index (κ2) is 4.60. The average molecular weight is 178 g/mol. The monoisotopic (exact) mass is 178 g/mol. The van der Waals surface area contributed by atoms with Gasteiger partial charge in [-0.05, 0) is 19.9 Å². The van der Waals surface area contributed by atoms with Gasteiger partial charge in [0.15, 0.2) is 5.78 Å². The number of Topliss-reactive ketones (excluding diaryl/α,β-unsaturated/α-hetero) is 1. The molecule has 0 aromatic carbocycles. The predicted octanol–water partition coefficient (Wildman–Crippen LogP) is 1.89. The smallest absolute Gasteiger partial charge is 0.213 e. The molecule has 3 heteroatoms. The number of hydrogen-bond donors (Lipinski definition) is 0. The fourth-order valence-corrected chi connectivity index (χ4v) is 0.954. The molecule has 1 radical (unpaired) electrons. The number of aromatic nitrogens is 1. The van der Waals surface area contributed by atoms with Crippen molar-refractivity contribution in [2.75, 3.05) is 6.61 Å². The van der Waals surface area contributed by atoms with Crippen LogP contribution in [-0.2, 0) is 0 Å². The van der Waals surface area contributed by atoms with Crippen molar-refractivity contribution in [3.05, 3.63) is 30.8 Å². The van der Waals surface area contributed by atoms with Crippen LogP contribution in [-0.4, -0.2) is 17.4 Å². The van der Waals surface area contributed by atoms with Gasteiger partial charge in [-0.1, -0.05) is 0 Å². The molecule has 0 saturated carbocycles. The van der Waals surface area contributed by atoms with Crippen molar-refractivity contribution in [2.24, 2.45) is 0 Å². The molecule has 0 amide bonds. The molecule has 0 atom stereocenters. The van der Waals surface area contributed by atoms with Crippen LogP contribution >= 0.6 is 0 Å². The van der Waals surface area contributed by atoms with Gasteiger partial charge in [0.2, 0.25) is 5.88 Å². The highest BCUT2D eigenvalue weighted by atomic mass is 16.5. The normalized spacial score (nSPS) is 9.69. The second-order valence-electron chi connectivity index (χ2n) is 2.49. The van der Waals surface area contributed by atoms with Gasteiger partial charge in [-0.15, -0.1) is 0 Å². The van der Waals surface area contributed by atoms with Crippen molar-refractivity contribution >= 4 is 5.78 Å². The third-order valence-electron chi connectivity index (χ3n) is 1.58. The van der Waals surface area contributed by atoms with Gasteiger partial charge in [0.05, 0.1) is 6.61 Å². The van der Waals surface area contributed by atoms with Crippen molar-refractivity contribution in [1.29, 1.82) is 0 Å². The van der Waals surface area contributed by atoms with Crippen molar-refractivity contribution < 1.29 is 9.53 Å². The fourth-order valence-electron chi connectivity index (χ4n) is 0.954. The van der Waals surface area contributed by atoms with E-state index in [0.29, 0.717) is 18.1 Å². The lowest BCUT2D eigenvalue weighted by molar-refractivity contribution is 0.0994. The summed E-state index contributed by atoms with van der Waals surface area (Å²) in [7, 11) is 0. The van der Waals surface area contributed by atoms with E-state index in [1.54, 1.807) is 18.3 Å². The summed E-state index contributed by atoms with van der Waals surface area (Å²) in [5.74, 6) is 0.491. The Morgan fingerprint density at radius 1 is 1.69 bits per heavy atom. The van der Waals surface area contributed by atoms with Crippen LogP contribution in [0, 0.1) is 6.92 Å². The highest BCUT2D eigenvalue weighted by molar-refractivity contribution is 5.96. The Morgan fingerprint density at radius 2 is 2.46 bits per heavy atom. The minimum absolute atomic E-state index is 0.00310. The Bertz CT molecular complexity index is 297. The Kier molecular flexibility index (Phi) is 3.43. The molecule has 1 aromatic rings. The van der Waals surface area contributed by atoms with Crippen molar-refractivity contribution in [2.45, 2.75) is 13.3 Å². The van der Waals surface area contributed by atoms with Crippen LogP contribution in [0.5, 0.6) is 5.88 Å². The summed E-state index contributed by atoms with van der Waals surface area (Å²) in [6.07, 6.45) is 1.82. The summed E-state index contributed by atoms with van der Waals surface area (Å²) in [6, 6.07) is 3.30. The van der Waals surface area contributed by atoms with Gasteiger partial charge in [0, 0.05) is 24.2 Å². The first kappa shape index (κ1) is 9.71. The summed E-state index contributed by atoms with van der Waals surface area (Å²) >= 11 is 0. The van der Waals surface area contributed by atoms with Crippen molar-refractivity contribution in [1.82, 2.24) is 4.98 Å². The summed E-state index contributed by atoms with van der Waals surface area (Å²) in [5.41, 5.74) is 0.605. The highest BCUT2D eigenvalue weighted by Crippen LogP contribution is 2.10. The maximum absolute atomic E-state index is 11.2. The van der Waals surface area contributed by atoms with Gasteiger partial charge < -0.3 is 4.74 Å². The van der Waals surface area contributed by atoms with E-state index in [-0.39, 0.29) is 12.2 Å². The van der Waals surface area contributed by atoms with Crippen LogP contribution in [0.4, 0.5) is 0 Å². The molecule has 0 fully saturated rings. The number of rotatable bonds is 4. The highest BCUT2D eigenvalue weighted by Gasteiger charge is 2.04. The molecule has 13 heavy (non-hydrogen) atoms. The van der Waals surface area contributed by atoms with E-state index in [2.05, 4.69) is 11.9 Å². The van der Waals surface area contributed by atoms with E-state index in [1.165, 1.54) is 0 Å². The maximum Gasteiger partial charge on any atom is 0.213 e. The van der Waals surface area contributed by atoms with Crippen molar-refractivity contribution in [3.63, 3.8) is 0 Å². The Hall–Kier alpha value is -1.38. The first-order valence-corrected chi connectivity index (χ1v) is 4.19. The zero-order chi connectivity index (χ0) is 9.68. The number of ketones is 1. The largest absolute Gasteiger partial charge is 0.478 e. The van der Waals surface area contributed by atoms with Gasteiger partial charge in [-0.3, -0.25) is 4.79 Å². The molecule has 1 rings (SSSR count). The van der Waals surface area contributed by atoms with Gasteiger partial charge in [-0.25, -0.2) is 4.98 Å². The third-order valence-corrected chi connectivity index (χ3v) is 1.58. The molecule has 0 unspecified atom stereocenters. The molecule has 0 saturated heterocycles. The summed E-state index contributed by atoms with van der Waals surface area (Å²) in [4.78, 5) is 15.2. The Morgan fingerprint density at radius 3 is 3.08 bits per heavy atom. The summed E-state index contributed by atoms with van der Waals surface area (Å²) in [6.45, 7) is 5.95. The Balaban J connectivity index is 2.85. The molecule has 0 aliphatic carbocycles. The molecule has 1 heterocycles. The lowest BCUT2D eigenvalue weighted by atomic mass is 10.1. The fraction of sp³-hybridized carbons (Fsp3) is 0.300. The number of ether oxygens (including phenoxy) is 1. The minimum atomic E-state index is 0.00310. The average Bonchev–Trinajstić information content (AvgIpc) is 2.18. The number of carbonyl (C=O) groups is 1. The lowest BCUT2D eigenvalue weighted by Crippen LogP contribution is -1.99. The first-order chi connectivity index (χ1) is 6.27. The third kappa shape index (κ3) is 2.54. The lowest BCUT2D eigenvalue weighted by Gasteiger charge is -2.02. The standard InChI is InChI=1S/C10H12NO2/c1-3-9(12)8-5-6-11-10(7-8)13-4-2/h5-7H,1,3-4H2,2H3. The van der Waals surface area contributed by atoms with E-state index in [9.17, 15) is 4.79 Å². The number of carbonyl (C=O) groups excluding carboxylic acids is 1. The first-order valence-electron chi connectivity index (χ1n) is 4.19. The second-order valence-corrected chi connectivity index (χ2v) is 2.49. The molecule has 0 aliphatic heterocycles. The molecule has 0 spiro atoms. The molecule has 0 aliphatic rings. The van der Waals surface area contributed by atoms with Crippen LogP contribution in [0.25, 0.3) is 0 Å². The predicted molar refractivity (Wildman–Crippen MR) is 49.7 cm³/mol. The van der Waals surface area contributed by atoms with E-state index in [4.69, 9.17) is 4.74 Å². The topological polar surface area (TPSA) is 39.2 Å². The van der Waals surface area contributed by atoms with E-state index < -0.39 is 0 Å². The van der Waals surface area contributed by atoms with Gasteiger partial charge in [0.1, 0.15) is 0 Å². The molecular formula is C10H12NO2. The summed E-state index contributed by atoms with van der Waals surface area (Å²) < 4.78 is 5.16. The van der Waals surface area contributed by atoms with Gasteiger partial charge in [0.25, 0.3) is 0 Å². The minimum Gasteiger partial charge on any atom is -0.478 e. The molecular weight excluding hydrogens is 166 g/mol. The quantitative estimate of drug-likeness (QED) is 0.661. The number of nitrogens with zero attached hydrogens (tertiary/aromatic N) is 1. The zero-order valence-electron chi connectivity index (χ0n) is 7.62. The van der Waals surface area contributed by atoms with E-state index in [0.717, 1.165) is 0 Å². The molecule has 0 N–H and O–H groups in total. The summed E-state index contributed by atoms with van der Waals surface area (Å²) in [5, 5.41) is 0. The van der Waals surface area contributed by atoms with E-state index in [1.807, 2.05) is 6.92 Å². The van der Waals surface area contributed by atoms with Gasteiger partial charge in [-0.2, -0.15) is 0 Å². The van der Waals surface area contributed by atoms with Crippen LogP contribution in [0.1, 0.15) is 23.7 Å². The van der Waals surface area contributed by atoms with E-state index >= 15 is 0 Å². The molecule has 1 aromatic heterocycles. The SMILES string of the molecule is [CH2]CC(=O)c1ccnc(OCC)c1. The van der Waals surface area contributed by atoms with Crippen molar-refractivity contribution in [3.8, 4) is 5.88 Å². The maximum atomic E-state index is 11.2. The molecule has 3 nitrogen and oxygen atoms in total. The Labute approximate surface area is 77.8 Å². The zero-order valence-corrected chi connectivity index (χ0v) is 7.62. The van der Waals surface area contributed by atoms with Crippen LogP contribution in [0.15, 0.2) is 18.3 Å². The van der Waals surface area contributed by atoms with Crippen LogP contribution in [0.3, 0.4) is 0 Å². The number of pyridine rings is 1.